The Morgan fingerprint density at radius 2 is 1.38 bits per heavy atom. The third kappa shape index (κ3) is 6.52. The number of benzene rings is 3. The van der Waals surface area contributed by atoms with Gasteiger partial charge in [-0.25, -0.2) is 24.5 Å². The minimum Gasteiger partial charge on any atom is -0.506 e. The molecule has 0 saturated carbocycles. The number of imide groups is 1. The number of phenols is 1. The van der Waals surface area contributed by atoms with Crippen LogP contribution in [0.4, 0.5) is 9.59 Å². The van der Waals surface area contributed by atoms with Gasteiger partial charge in [-0.2, -0.15) is 0 Å². The van der Waals surface area contributed by atoms with Crippen LogP contribution in [0.5, 0.6) is 5.75 Å². The second kappa shape index (κ2) is 10.7. The molecule has 202 valence electrons. The Hall–Kier alpha value is -4.46. The number of phenolic OH excluding ortho intramolecular Hbond substituents is 1. The summed E-state index contributed by atoms with van der Waals surface area (Å²) in [6.07, 6.45) is -1.55. The van der Waals surface area contributed by atoms with Crippen LogP contribution in [0.1, 0.15) is 47.1 Å². The number of aromatic nitrogens is 2. The zero-order valence-corrected chi connectivity index (χ0v) is 23.1. The second-order valence-corrected chi connectivity index (χ2v) is 11.2. The summed E-state index contributed by atoms with van der Waals surface area (Å²) in [5, 5.41) is 10.4. The molecule has 0 fully saturated rings. The number of hydrogen-bond donors (Lipinski definition) is 1. The van der Waals surface area contributed by atoms with E-state index < -0.39 is 23.3 Å². The van der Waals surface area contributed by atoms with Gasteiger partial charge >= 0.3 is 12.2 Å². The maximum Gasteiger partial charge on any atom is 0.420 e. The van der Waals surface area contributed by atoms with Crippen LogP contribution in [0.2, 0.25) is 0 Å². The fraction of sp³-hybridized carbons (Fsp3) is 0.290. The number of amides is 2. The standard InChI is InChI=1S/C31H33N3O5/c1-30(2,3)34(29(37)39-31(4,5)6)28(36)38-19-20-15-17-22(18-16-20)26-25(21-11-8-7-9-12-21)32-23-13-10-14-24(35)27(23)33-26/h7-18,35H,19H2,1-6H3. The van der Waals surface area contributed by atoms with Gasteiger partial charge in [-0.1, -0.05) is 60.7 Å². The summed E-state index contributed by atoms with van der Waals surface area (Å²) < 4.78 is 10.9. The number of aromatic hydroxyl groups is 1. The van der Waals surface area contributed by atoms with Crippen LogP contribution in [0.3, 0.4) is 0 Å². The first kappa shape index (κ1) is 27.6. The molecular formula is C31H33N3O5. The molecule has 0 aliphatic carbocycles. The Labute approximate surface area is 228 Å². The molecular weight excluding hydrogens is 494 g/mol. The van der Waals surface area contributed by atoms with Crippen molar-refractivity contribution < 1.29 is 24.2 Å². The zero-order chi connectivity index (χ0) is 28.4. The predicted molar refractivity (Wildman–Crippen MR) is 150 cm³/mol. The average molecular weight is 528 g/mol. The van der Waals surface area contributed by atoms with E-state index in [1.54, 1.807) is 53.7 Å². The zero-order valence-electron chi connectivity index (χ0n) is 23.1. The van der Waals surface area contributed by atoms with Gasteiger partial charge in [0.05, 0.1) is 16.9 Å². The summed E-state index contributed by atoms with van der Waals surface area (Å²) in [5.41, 5.74) is 3.12. The third-order valence-corrected chi connectivity index (χ3v) is 5.74. The highest BCUT2D eigenvalue weighted by atomic mass is 16.6. The molecule has 1 heterocycles. The van der Waals surface area contributed by atoms with Crippen LogP contribution in [0.25, 0.3) is 33.5 Å². The van der Waals surface area contributed by atoms with Gasteiger partial charge < -0.3 is 14.6 Å². The normalized spacial score (nSPS) is 11.7. The largest absolute Gasteiger partial charge is 0.506 e. The van der Waals surface area contributed by atoms with Crippen molar-refractivity contribution in [2.45, 2.75) is 59.3 Å². The van der Waals surface area contributed by atoms with E-state index in [1.165, 1.54) is 0 Å². The molecule has 8 nitrogen and oxygen atoms in total. The highest BCUT2D eigenvalue weighted by Gasteiger charge is 2.37. The van der Waals surface area contributed by atoms with Gasteiger partial charge in [-0.05, 0) is 59.2 Å². The Bertz CT molecular complexity index is 1490. The SMILES string of the molecule is CC(C)(C)OC(=O)N(C(=O)OCc1ccc(-c2nc3c(O)cccc3nc2-c2ccccc2)cc1)C(C)(C)C. The maximum absolute atomic E-state index is 12.9. The van der Waals surface area contributed by atoms with E-state index in [0.29, 0.717) is 22.4 Å². The van der Waals surface area contributed by atoms with Crippen LogP contribution in [-0.2, 0) is 16.1 Å². The van der Waals surface area contributed by atoms with Crippen LogP contribution in [0.15, 0.2) is 72.8 Å². The molecule has 2 amide bonds. The molecule has 0 aliphatic rings. The van der Waals surface area contributed by atoms with Crippen molar-refractivity contribution in [2.24, 2.45) is 0 Å². The van der Waals surface area contributed by atoms with Gasteiger partial charge in [0.2, 0.25) is 0 Å². The van der Waals surface area contributed by atoms with E-state index in [1.807, 2.05) is 60.7 Å². The Balaban J connectivity index is 1.59. The van der Waals surface area contributed by atoms with E-state index in [4.69, 9.17) is 19.4 Å². The van der Waals surface area contributed by atoms with Crippen molar-refractivity contribution in [1.82, 2.24) is 14.9 Å². The number of hydrogen-bond acceptors (Lipinski definition) is 7. The summed E-state index contributed by atoms with van der Waals surface area (Å²) in [5.74, 6) is 0.0535. The molecule has 39 heavy (non-hydrogen) atoms. The van der Waals surface area contributed by atoms with Crippen LogP contribution in [0, 0.1) is 0 Å². The minimum atomic E-state index is -0.836. The van der Waals surface area contributed by atoms with Gasteiger partial charge in [-0.3, -0.25) is 0 Å². The smallest absolute Gasteiger partial charge is 0.420 e. The molecule has 0 bridgehead atoms. The fourth-order valence-electron chi connectivity index (χ4n) is 3.96. The van der Waals surface area contributed by atoms with E-state index in [9.17, 15) is 14.7 Å². The predicted octanol–water partition coefficient (Wildman–Crippen LogP) is 7.34. The molecule has 0 radical (unpaired) electrons. The van der Waals surface area contributed by atoms with Crippen molar-refractivity contribution in [1.29, 1.82) is 0 Å². The molecule has 0 spiro atoms. The van der Waals surface area contributed by atoms with Crippen molar-refractivity contribution in [3.63, 3.8) is 0 Å². The second-order valence-electron chi connectivity index (χ2n) is 11.2. The van der Waals surface area contributed by atoms with E-state index >= 15 is 0 Å². The number of rotatable bonds is 4. The van der Waals surface area contributed by atoms with Crippen molar-refractivity contribution in [3.05, 3.63) is 78.4 Å². The fourth-order valence-corrected chi connectivity index (χ4v) is 3.96. The highest BCUT2D eigenvalue weighted by Crippen LogP contribution is 2.33. The summed E-state index contributed by atoms with van der Waals surface area (Å²) in [4.78, 5) is 36.2. The molecule has 0 unspecified atom stereocenters. The van der Waals surface area contributed by atoms with Gasteiger partial charge in [0.25, 0.3) is 0 Å². The third-order valence-electron chi connectivity index (χ3n) is 5.74. The summed E-state index contributed by atoms with van der Waals surface area (Å²) in [7, 11) is 0. The summed E-state index contributed by atoms with van der Waals surface area (Å²) >= 11 is 0. The number of ether oxygens (including phenoxy) is 2. The minimum absolute atomic E-state index is 0.0375. The molecule has 0 atom stereocenters. The number of carbonyl (C=O) groups excluding carboxylic acids is 2. The van der Waals surface area contributed by atoms with Crippen molar-refractivity contribution in [3.8, 4) is 28.3 Å². The Kier molecular flexibility index (Phi) is 7.58. The van der Waals surface area contributed by atoms with Gasteiger partial charge in [0.15, 0.2) is 0 Å². The number of fused-ring (bicyclic) bond motifs is 1. The quantitative estimate of drug-likeness (QED) is 0.296. The maximum atomic E-state index is 12.9. The lowest BCUT2D eigenvalue weighted by Gasteiger charge is -2.34. The first-order valence-electron chi connectivity index (χ1n) is 12.7. The van der Waals surface area contributed by atoms with Gasteiger partial charge in [0, 0.05) is 16.7 Å². The molecule has 0 aliphatic heterocycles. The number of nitrogens with zero attached hydrogens (tertiary/aromatic N) is 3. The van der Waals surface area contributed by atoms with E-state index in [-0.39, 0.29) is 12.4 Å². The number of para-hydroxylation sites is 1. The van der Waals surface area contributed by atoms with Gasteiger partial charge in [0.1, 0.15) is 23.5 Å². The van der Waals surface area contributed by atoms with Crippen LogP contribution < -0.4 is 0 Å². The van der Waals surface area contributed by atoms with Gasteiger partial charge in [-0.15, -0.1) is 0 Å². The highest BCUT2D eigenvalue weighted by molar-refractivity contribution is 5.90. The summed E-state index contributed by atoms with van der Waals surface area (Å²) in [6, 6.07) is 22.2. The first-order chi connectivity index (χ1) is 18.3. The Morgan fingerprint density at radius 3 is 2.00 bits per heavy atom. The molecule has 1 aromatic heterocycles. The lowest BCUT2D eigenvalue weighted by Crippen LogP contribution is -2.51. The van der Waals surface area contributed by atoms with Crippen molar-refractivity contribution in [2.75, 3.05) is 0 Å². The molecule has 8 heteroatoms. The van der Waals surface area contributed by atoms with E-state index in [2.05, 4.69) is 0 Å². The molecule has 4 aromatic rings. The van der Waals surface area contributed by atoms with Crippen LogP contribution >= 0.6 is 0 Å². The first-order valence-corrected chi connectivity index (χ1v) is 12.7. The lowest BCUT2D eigenvalue weighted by atomic mass is 10.0. The van der Waals surface area contributed by atoms with Crippen LogP contribution in [-0.4, -0.2) is 43.3 Å². The molecule has 1 N–H and O–H groups in total. The molecule has 4 rings (SSSR count). The Morgan fingerprint density at radius 1 is 0.769 bits per heavy atom. The molecule has 0 saturated heterocycles. The van der Waals surface area contributed by atoms with E-state index in [0.717, 1.165) is 21.6 Å². The average Bonchev–Trinajstić information content (AvgIpc) is 2.86. The van der Waals surface area contributed by atoms with Crippen molar-refractivity contribution >= 4 is 23.2 Å². The number of carbonyl (C=O) groups is 2. The monoisotopic (exact) mass is 527 g/mol. The lowest BCUT2D eigenvalue weighted by molar-refractivity contribution is 0.00315. The molecule has 3 aromatic carbocycles. The summed E-state index contributed by atoms with van der Waals surface area (Å²) in [6.45, 7) is 10.4. The topological polar surface area (TPSA) is 102 Å².